The van der Waals surface area contributed by atoms with E-state index in [-0.39, 0.29) is 0 Å². The molecule has 3 rings (SSSR count). The molecule has 3 heterocycles. The van der Waals surface area contributed by atoms with Crippen LogP contribution in [0.2, 0.25) is 0 Å². The lowest BCUT2D eigenvalue weighted by Gasteiger charge is -2.36. The fraction of sp³-hybridized carbons (Fsp3) is 0.933. The highest BCUT2D eigenvalue weighted by Gasteiger charge is 2.71. The molecule has 0 spiro atoms. The van der Waals surface area contributed by atoms with E-state index in [0.717, 1.165) is 17.1 Å². The van der Waals surface area contributed by atoms with Gasteiger partial charge >= 0.3 is 5.96 Å². The normalized spacial score (nSPS) is 29.5. The molecule has 0 aromatic carbocycles. The van der Waals surface area contributed by atoms with Crippen molar-refractivity contribution < 1.29 is 4.58 Å². The second kappa shape index (κ2) is 4.62. The van der Waals surface area contributed by atoms with Crippen LogP contribution in [0.3, 0.4) is 0 Å². The summed E-state index contributed by atoms with van der Waals surface area (Å²) in [6.07, 6.45) is 2.70. The fourth-order valence-electron chi connectivity index (χ4n) is 4.97. The fourth-order valence-corrected chi connectivity index (χ4v) is 11.1. The number of guanidine groups is 1. The molecular weight excluding hydrogens is 253 g/mol. The summed E-state index contributed by atoms with van der Waals surface area (Å²) in [4.78, 5) is 2.76. The molecule has 0 bridgehead atoms. The van der Waals surface area contributed by atoms with Crippen molar-refractivity contribution >= 4 is 13.4 Å². The Bertz CT molecular complexity index is 390. The van der Waals surface area contributed by atoms with Gasteiger partial charge in [-0.25, -0.2) is 4.90 Å². The van der Waals surface area contributed by atoms with Gasteiger partial charge in [0.1, 0.15) is 6.54 Å². The molecule has 0 saturated carbocycles. The van der Waals surface area contributed by atoms with Gasteiger partial charge in [0.25, 0.3) is 0 Å². The molecule has 1 atom stereocenters. The van der Waals surface area contributed by atoms with Crippen molar-refractivity contribution in [3.63, 3.8) is 0 Å². The van der Waals surface area contributed by atoms with Gasteiger partial charge in [0, 0.05) is 19.8 Å². The highest BCUT2D eigenvalue weighted by molar-refractivity contribution is 7.76. The van der Waals surface area contributed by atoms with E-state index in [4.69, 9.17) is 0 Å². The highest BCUT2D eigenvalue weighted by Crippen LogP contribution is 2.76. The van der Waals surface area contributed by atoms with Crippen molar-refractivity contribution in [1.82, 2.24) is 9.57 Å². The lowest BCUT2D eigenvalue weighted by molar-refractivity contribution is -0.547. The minimum absolute atomic E-state index is 0.753. The van der Waals surface area contributed by atoms with Crippen molar-refractivity contribution in [2.45, 2.75) is 64.6 Å². The minimum Gasteiger partial charge on any atom is -0.262 e. The summed E-state index contributed by atoms with van der Waals surface area (Å²) in [6, 6.07) is 0. The molecule has 0 amide bonds. The number of rotatable bonds is 2. The monoisotopic (exact) mass is 283 g/mol. The molecule has 0 aliphatic carbocycles. The van der Waals surface area contributed by atoms with Gasteiger partial charge in [-0.2, -0.15) is 0 Å². The van der Waals surface area contributed by atoms with Crippen LogP contribution in [0.4, 0.5) is 0 Å². The Morgan fingerprint density at radius 2 is 1.63 bits per heavy atom. The Hall–Kier alpha value is -0.300. The molecule has 3 aliphatic heterocycles. The van der Waals surface area contributed by atoms with Crippen molar-refractivity contribution in [2.75, 3.05) is 26.2 Å². The van der Waals surface area contributed by atoms with Gasteiger partial charge in [-0.05, 0) is 27.7 Å². The topological polar surface area (TPSA) is 9.49 Å². The predicted octanol–water partition coefficient (Wildman–Crippen LogP) is 2.88. The van der Waals surface area contributed by atoms with E-state index >= 15 is 0 Å². The van der Waals surface area contributed by atoms with Crippen LogP contribution in [0.5, 0.6) is 0 Å². The first-order valence-corrected chi connectivity index (χ1v) is 10.0. The van der Waals surface area contributed by atoms with Crippen LogP contribution in [-0.4, -0.2) is 63.4 Å². The summed E-state index contributed by atoms with van der Waals surface area (Å²) in [7, 11) is -1.10. The largest absolute Gasteiger partial charge is 0.388 e. The van der Waals surface area contributed by atoms with Gasteiger partial charge in [-0.3, -0.25) is 4.58 Å². The van der Waals surface area contributed by atoms with E-state index in [2.05, 4.69) is 48.8 Å². The molecular formula is C15H30N3P+2. The first-order chi connectivity index (χ1) is 9.01. The molecule has 3 nitrogen and oxygen atoms in total. The van der Waals surface area contributed by atoms with Gasteiger partial charge < -0.3 is 0 Å². The Morgan fingerprint density at radius 3 is 2.21 bits per heavy atom. The van der Waals surface area contributed by atoms with Gasteiger partial charge in [-0.1, -0.05) is 0 Å². The molecule has 4 heteroatoms. The Kier molecular flexibility index (Phi) is 3.32. The quantitative estimate of drug-likeness (QED) is 0.569. The van der Waals surface area contributed by atoms with E-state index < -0.39 is 7.41 Å². The zero-order valence-corrected chi connectivity index (χ0v) is 14.2. The minimum atomic E-state index is -1.10. The molecule has 0 unspecified atom stereocenters. The van der Waals surface area contributed by atoms with E-state index in [0.29, 0.717) is 0 Å². The maximum atomic E-state index is 2.90. The Labute approximate surface area is 119 Å². The van der Waals surface area contributed by atoms with Gasteiger partial charge in [0.05, 0.1) is 31.0 Å². The Morgan fingerprint density at radius 1 is 1.05 bits per heavy atom. The third-order valence-electron chi connectivity index (χ3n) is 5.52. The molecule has 0 N–H and O–H groups in total. The lowest BCUT2D eigenvalue weighted by Crippen LogP contribution is -2.51. The van der Waals surface area contributed by atoms with E-state index in [9.17, 15) is 0 Å². The molecule has 0 aromatic heterocycles. The average Bonchev–Trinajstić information content (AvgIpc) is 2.63. The SMILES string of the molecule is CC(C)[P+]1(C(C)C)[C@H](C)N2CCC[N+]3=C2N1CCC3. The summed E-state index contributed by atoms with van der Waals surface area (Å²) < 4.78 is 5.58. The van der Waals surface area contributed by atoms with Crippen LogP contribution in [0, 0.1) is 0 Å². The average molecular weight is 283 g/mol. The summed E-state index contributed by atoms with van der Waals surface area (Å²) in [5.74, 6) is 2.36. The highest BCUT2D eigenvalue weighted by atomic mass is 31.2. The first-order valence-electron chi connectivity index (χ1n) is 8.06. The maximum Gasteiger partial charge on any atom is 0.388 e. The van der Waals surface area contributed by atoms with E-state index in [1.807, 2.05) is 0 Å². The van der Waals surface area contributed by atoms with Crippen LogP contribution in [0.1, 0.15) is 47.5 Å². The molecule has 3 aliphatic rings. The predicted molar refractivity (Wildman–Crippen MR) is 84.3 cm³/mol. The van der Waals surface area contributed by atoms with Crippen LogP contribution in [-0.2, 0) is 0 Å². The summed E-state index contributed by atoms with van der Waals surface area (Å²) in [5.41, 5.74) is 1.61. The van der Waals surface area contributed by atoms with Crippen LogP contribution in [0.25, 0.3) is 0 Å². The van der Waals surface area contributed by atoms with Gasteiger partial charge in [0.15, 0.2) is 7.41 Å². The first kappa shape index (κ1) is 13.7. The summed E-state index contributed by atoms with van der Waals surface area (Å²) in [6.45, 7) is 17.6. The number of nitrogens with zero attached hydrogens (tertiary/aromatic N) is 3. The second-order valence-electron chi connectivity index (χ2n) is 6.92. The van der Waals surface area contributed by atoms with Crippen molar-refractivity contribution in [1.29, 1.82) is 0 Å². The van der Waals surface area contributed by atoms with Gasteiger partial charge in [0.2, 0.25) is 5.78 Å². The molecule has 108 valence electrons. The maximum absolute atomic E-state index is 2.90. The number of hydrogen-bond donors (Lipinski definition) is 0. The molecule has 19 heavy (non-hydrogen) atoms. The van der Waals surface area contributed by atoms with Crippen molar-refractivity contribution in [3.05, 3.63) is 0 Å². The van der Waals surface area contributed by atoms with Crippen molar-refractivity contribution in [2.24, 2.45) is 0 Å². The van der Waals surface area contributed by atoms with E-state index in [1.165, 1.54) is 39.0 Å². The summed E-state index contributed by atoms with van der Waals surface area (Å²) in [5, 5.41) is 0. The Balaban J connectivity index is 2.15. The zero-order valence-electron chi connectivity index (χ0n) is 13.3. The van der Waals surface area contributed by atoms with Gasteiger partial charge in [-0.15, -0.1) is 4.67 Å². The molecule has 0 aromatic rings. The molecule has 0 radical (unpaired) electrons. The smallest absolute Gasteiger partial charge is 0.262 e. The molecule has 1 saturated heterocycles. The van der Waals surface area contributed by atoms with E-state index in [1.54, 1.807) is 5.96 Å². The van der Waals surface area contributed by atoms with Crippen LogP contribution >= 0.6 is 7.41 Å². The zero-order chi connectivity index (χ0) is 13.8. The van der Waals surface area contributed by atoms with Crippen molar-refractivity contribution in [3.8, 4) is 0 Å². The second-order valence-corrected chi connectivity index (χ2v) is 11.8. The third kappa shape index (κ3) is 1.63. The molecule has 1 fully saturated rings. The number of hydrogen-bond acceptors (Lipinski definition) is 2. The standard InChI is InChI=1S/C15H30N3P/c1-12(2)19(13(3)4)14(5)17-10-6-8-16-9-7-11-18(19)15(16)17/h12-14H,6-11H2,1-5H3/q+2/t14-/m1/s1. The summed E-state index contributed by atoms with van der Waals surface area (Å²) >= 11 is 0. The van der Waals surface area contributed by atoms with Crippen LogP contribution < -0.4 is 0 Å². The third-order valence-corrected chi connectivity index (χ3v) is 11.5. The van der Waals surface area contributed by atoms with Crippen LogP contribution in [0.15, 0.2) is 0 Å². The lowest BCUT2D eigenvalue weighted by atomic mass is 10.2.